The number of amides is 1. The van der Waals surface area contributed by atoms with E-state index in [1.54, 1.807) is 6.07 Å². The van der Waals surface area contributed by atoms with Crippen molar-refractivity contribution in [2.75, 3.05) is 24.5 Å². The second-order valence-electron chi connectivity index (χ2n) is 4.94. The standard InChI is InChI=1S/C17H21N3O2/c1-2-20(14-8-4-3-5-9-14)13-7-12-19-17(22)15-10-6-11-18-16(15)21/h3-6,8-11H,2,7,12-13H2,1H3,(H,18,21)(H,19,22). The van der Waals surface area contributed by atoms with Crippen LogP contribution in [0.4, 0.5) is 5.69 Å². The second kappa shape index (κ2) is 8.02. The SMILES string of the molecule is CCN(CCCNC(=O)c1ccc[nH]c1=O)c1ccccc1. The summed E-state index contributed by atoms with van der Waals surface area (Å²) in [5.74, 6) is -0.329. The van der Waals surface area contributed by atoms with E-state index in [4.69, 9.17) is 0 Å². The zero-order chi connectivity index (χ0) is 15.8. The normalized spacial score (nSPS) is 10.2. The maximum absolute atomic E-state index is 11.9. The smallest absolute Gasteiger partial charge is 0.260 e. The lowest BCUT2D eigenvalue weighted by Crippen LogP contribution is -2.32. The third kappa shape index (κ3) is 4.22. The summed E-state index contributed by atoms with van der Waals surface area (Å²) in [7, 11) is 0. The van der Waals surface area contributed by atoms with E-state index in [1.807, 2.05) is 18.2 Å². The van der Waals surface area contributed by atoms with E-state index in [1.165, 1.54) is 18.0 Å². The van der Waals surface area contributed by atoms with Crippen molar-refractivity contribution in [1.29, 1.82) is 0 Å². The summed E-state index contributed by atoms with van der Waals surface area (Å²) in [6, 6.07) is 13.3. The van der Waals surface area contributed by atoms with E-state index in [0.717, 1.165) is 19.5 Å². The van der Waals surface area contributed by atoms with Crippen LogP contribution in [0.25, 0.3) is 0 Å². The van der Waals surface area contributed by atoms with Gasteiger partial charge < -0.3 is 15.2 Å². The maximum atomic E-state index is 11.9. The van der Waals surface area contributed by atoms with Crippen LogP contribution in [-0.2, 0) is 0 Å². The lowest BCUT2D eigenvalue weighted by Gasteiger charge is -2.23. The summed E-state index contributed by atoms with van der Waals surface area (Å²) in [6.07, 6.45) is 2.33. The molecule has 2 rings (SSSR count). The number of benzene rings is 1. The first kappa shape index (κ1) is 15.8. The van der Waals surface area contributed by atoms with E-state index >= 15 is 0 Å². The Morgan fingerprint density at radius 1 is 1.18 bits per heavy atom. The maximum Gasteiger partial charge on any atom is 0.260 e. The molecule has 0 saturated carbocycles. The minimum Gasteiger partial charge on any atom is -0.372 e. The average Bonchev–Trinajstić information content (AvgIpc) is 2.56. The average molecular weight is 299 g/mol. The molecule has 2 N–H and O–H groups in total. The fraction of sp³-hybridized carbons (Fsp3) is 0.294. The molecular formula is C17H21N3O2. The number of aromatic amines is 1. The van der Waals surface area contributed by atoms with Crippen LogP contribution in [0, 0.1) is 0 Å². The molecule has 0 radical (unpaired) electrons. The van der Waals surface area contributed by atoms with Crippen LogP contribution in [0.5, 0.6) is 0 Å². The topological polar surface area (TPSA) is 65.2 Å². The predicted octanol–water partition coefficient (Wildman–Crippen LogP) is 2.02. The summed E-state index contributed by atoms with van der Waals surface area (Å²) in [5.41, 5.74) is 0.966. The number of para-hydroxylation sites is 1. The first-order chi connectivity index (χ1) is 10.7. The highest BCUT2D eigenvalue weighted by Gasteiger charge is 2.09. The highest BCUT2D eigenvalue weighted by molar-refractivity contribution is 5.93. The summed E-state index contributed by atoms with van der Waals surface area (Å²) < 4.78 is 0. The van der Waals surface area contributed by atoms with Crippen molar-refractivity contribution in [3.63, 3.8) is 0 Å². The molecule has 22 heavy (non-hydrogen) atoms. The van der Waals surface area contributed by atoms with Crippen molar-refractivity contribution in [2.45, 2.75) is 13.3 Å². The van der Waals surface area contributed by atoms with Crippen molar-refractivity contribution < 1.29 is 4.79 Å². The Balaban J connectivity index is 1.80. The van der Waals surface area contributed by atoms with Gasteiger partial charge in [0.2, 0.25) is 0 Å². The van der Waals surface area contributed by atoms with Crippen molar-refractivity contribution in [3.8, 4) is 0 Å². The van der Waals surface area contributed by atoms with Crippen LogP contribution in [-0.4, -0.2) is 30.5 Å². The van der Waals surface area contributed by atoms with Gasteiger partial charge in [0, 0.05) is 31.5 Å². The molecule has 0 atom stereocenters. The molecule has 5 heteroatoms. The first-order valence-corrected chi connectivity index (χ1v) is 7.48. The number of carbonyl (C=O) groups excluding carboxylic acids is 1. The first-order valence-electron chi connectivity index (χ1n) is 7.48. The molecule has 1 heterocycles. The van der Waals surface area contributed by atoms with Crippen LogP contribution >= 0.6 is 0 Å². The van der Waals surface area contributed by atoms with Crippen LogP contribution < -0.4 is 15.8 Å². The molecule has 0 fully saturated rings. The number of aromatic nitrogens is 1. The molecule has 1 aromatic carbocycles. The van der Waals surface area contributed by atoms with E-state index in [-0.39, 0.29) is 17.0 Å². The van der Waals surface area contributed by atoms with E-state index < -0.39 is 0 Å². The Hall–Kier alpha value is -2.56. The van der Waals surface area contributed by atoms with E-state index in [0.29, 0.717) is 6.54 Å². The zero-order valence-corrected chi connectivity index (χ0v) is 12.7. The van der Waals surface area contributed by atoms with Crippen LogP contribution in [0.2, 0.25) is 0 Å². The van der Waals surface area contributed by atoms with Gasteiger partial charge in [0.05, 0.1) is 0 Å². The molecule has 2 aromatic rings. The second-order valence-corrected chi connectivity index (χ2v) is 4.94. The molecule has 0 bridgehead atoms. The number of hydrogen-bond donors (Lipinski definition) is 2. The molecule has 116 valence electrons. The molecule has 1 aromatic heterocycles. The molecule has 0 aliphatic rings. The Bertz CT molecular complexity index is 652. The van der Waals surface area contributed by atoms with Gasteiger partial charge in [0.15, 0.2) is 0 Å². The van der Waals surface area contributed by atoms with E-state index in [9.17, 15) is 9.59 Å². The van der Waals surface area contributed by atoms with Crippen molar-refractivity contribution >= 4 is 11.6 Å². The van der Waals surface area contributed by atoms with Gasteiger partial charge in [-0.3, -0.25) is 9.59 Å². The quantitative estimate of drug-likeness (QED) is 0.769. The van der Waals surface area contributed by atoms with Crippen LogP contribution in [0.3, 0.4) is 0 Å². The van der Waals surface area contributed by atoms with E-state index in [2.05, 4.69) is 34.3 Å². The van der Waals surface area contributed by atoms with Crippen molar-refractivity contribution in [1.82, 2.24) is 10.3 Å². The lowest BCUT2D eigenvalue weighted by atomic mass is 10.2. The number of anilines is 1. The van der Waals surface area contributed by atoms with Gasteiger partial charge in [-0.15, -0.1) is 0 Å². The molecule has 0 aliphatic heterocycles. The Morgan fingerprint density at radius 3 is 2.64 bits per heavy atom. The minimum absolute atomic E-state index is 0.151. The Kier molecular flexibility index (Phi) is 5.77. The van der Waals surface area contributed by atoms with Gasteiger partial charge in [-0.05, 0) is 37.6 Å². The third-order valence-corrected chi connectivity index (χ3v) is 3.46. The summed E-state index contributed by atoms with van der Waals surface area (Å²) in [6.45, 7) is 4.41. The number of nitrogens with zero attached hydrogens (tertiary/aromatic N) is 1. The number of pyridine rings is 1. The molecule has 0 unspecified atom stereocenters. The highest BCUT2D eigenvalue weighted by atomic mass is 16.2. The van der Waals surface area contributed by atoms with Crippen LogP contribution in [0.1, 0.15) is 23.7 Å². The molecule has 0 saturated heterocycles. The van der Waals surface area contributed by atoms with Gasteiger partial charge in [-0.25, -0.2) is 0 Å². The largest absolute Gasteiger partial charge is 0.372 e. The molecule has 0 spiro atoms. The molecular weight excluding hydrogens is 278 g/mol. The van der Waals surface area contributed by atoms with Gasteiger partial charge in [-0.1, -0.05) is 18.2 Å². The number of nitrogens with one attached hydrogen (secondary N) is 2. The molecule has 1 amide bonds. The molecule has 5 nitrogen and oxygen atoms in total. The molecule has 0 aliphatic carbocycles. The third-order valence-electron chi connectivity index (χ3n) is 3.46. The zero-order valence-electron chi connectivity index (χ0n) is 12.7. The van der Waals surface area contributed by atoms with Crippen molar-refractivity contribution in [2.24, 2.45) is 0 Å². The number of carbonyl (C=O) groups is 1. The summed E-state index contributed by atoms with van der Waals surface area (Å²) in [5, 5.41) is 2.79. The van der Waals surface area contributed by atoms with Gasteiger partial charge in [-0.2, -0.15) is 0 Å². The monoisotopic (exact) mass is 299 g/mol. The number of rotatable bonds is 7. The van der Waals surface area contributed by atoms with Gasteiger partial charge in [0.1, 0.15) is 5.56 Å². The predicted molar refractivity (Wildman–Crippen MR) is 88.3 cm³/mol. The fourth-order valence-electron chi connectivity index (χ4n) is 2.28. The lowest BCUT2D eigenvalue weighted by molar-refractivity contribution is 0.0952. The highest BCUT2D eigenvalue weighted by Crippen LogP contribution is 2.12. The Labute approximate surface area is 130 Å². The van der Waals surface area contributed by atoms with Gasteiger partial charge in [0.25, 0.3) is 11.5 Å². The number of hydrogen-bond acceptors (Lipinski definition) is 3. The fourth-order valence-corrected chi connectivity index (χ4v) is 2.28. The minimum atomic E-state index is -0.362. The summed E-state index contributed by atoms with van der Waals surface area (Å²) >= 11 is 0. The van der Waals surface area contributed by atoms with Gasteiger partial charge >= 0.3 is 0 Å². The Morgan fingerprint density at radius 2 is 1.95 bits per heavy atom. The van der Waals surface area contributed by atoms with Crippen molar-refractivity contribution in [3.05, 3.63) is 64.6 Å². The number of H-pyrrole nitrogens is 1. The summed E-state index contributed by atoms with van der Waals surface area (Å²) in [4.78, 5) is 28.2. The van der Waals surface area contributed by atoms with Crippen LogP contribution in [0.15, 0.2) is 53.5 Å².